The van der Waals surface area contributed by atoms with Gasteiger partial charge in [-0.25, -0.2) is 8.42 Å². The molecule has 0 saturated heterocycles. The Morgan fingerprint density at radius 1 is 1.12 bits per heavy atom. The van der Waals surface area contributed by atoms with Gasteiger partial charge in [0, 0.05) is 0 Å². The second kappa shape index (κ2) is 6.01. The van der Waals surface area contributed by atoms with Crippen LogP contribution in [0.4, 0.5) is 0 Å². The summed E-state index contributed by atoms with van der Waals surface area (Å²) >= 11 is 0. The van der Waals surface area contributed by atoms with E-state index in [2.05, 4.69) is 27.4 Å². The first-order valence-corrected chi connectivity index (χ1v) is 10.8. The maximum absolute atomic E-state index is 13.0. The van der Waals surface area contributed by atoms with Crippen LogP contribution in [0.1, 0.15) is 52.9 Å². The summed E-state index contributed by atoms with van der Waals surface area (Å²) in [6.45, 7) is 11.4. The Morgan fingerprint density at radius 2 is 1.79 bits per heavy atom. The van der Waals surface area contributed by atoms with E-state index in [4.69, 9.17) is 0 Å². The van der Waals surface area contributed by atoms with E-state index in [0.29, 0.717) is 16.2 Å². The van der Waals surface area contributed by atoms with Gasteiger partial charge >= 0.3 is 0 Å². The lowest BCUT2D eigenvalue weighted by atomic mass is 9.48. The predicted octanol–water partition coefficient (Wildman–Crippen LogP) is 5.26. The quantitative estimate of drug-likeness (QED) is 0.700. The number of hydrogen-bond acceptors (Lipinski definition) is 2. The molecule has 0 bridgehead atoms. The van der Waals surface area contributed by atoms with Crippen LogP contribution in [0.2, 0.25) is 0 Å². The van der Waals surface area contributed by atoms with Crippen molar-refractivity contribution in [1.82, 2.24) is 0 Å². The molecule has 3 heteroatoms. The van der Waals surface area contributed by atoms with E-state index in [1.54, 1.807) is 24.3 Å². The molecule has 0 heterocycles. The van der Waals surface area contributed by atoms with Gasteiger partial charge in [0.2, 0.25) is 0 Å². The molecule has 0 N–H and O–H groups in total. The molecule has 0 radical (unpaired) electrons. The SMILES string of the molecule is C=C1CC[C@H]2C(C)(C)CCC[C@]2(C)[C@H]1CS(=O)(=O)c1ccccc1. The maximum atomic E-state index is 13.0. The summed E-state index contributed by atoms with van der Waals surface area (Å²) in [6.07, 6.45) is 5.69. The van der Waals surface area contributed by atoms with E-state index in [0.717, 1.165) is 24.8 Å². The molecule has 0 unspecified atom stereocenters. The van der Waals surface area contributed by atoms with Gasteiger partial charge in [0.15, 0.2) is 9.84 Å². The molecule has 1 aromatic rings. The van der Waals surface area contributed by atoms with Crippen LogP contribution in [-0.2, 0) is 9.84 Å². The van der Waals surface area contributed by atoms with Crippen molar-refractivity contribution in [3.63, 3.8) is 0 Å². The van der Waals surface area contributed by atoms with E-state index >= 15 is 0 Å². The van der Waals surface area contributed by atoms with Crippen LogP contribution in [-0.4, -0.2) is 14.2 Å². The van der Waals surface area contributed by atoms with Crippen molar-refractivity contribution < 1.29 is 8.42 Å². The van der Waals surface area contributed by atoms with E-state index < -0.39 is 9.84 Å². The number of sulfone groups is 1. The first-order valence-electron chi connectivity index (χ1n) is 9.12. The highest BCUT2D eigenvalue weighted by Crippen LogP contribution is 2.61. The van der Waals surface area contributed by atoms with Gasteiger partial charge in [0.25, 0.3) is 0 Å². The fourth-order valence-corrected chi connectivity index (χ4v) is 7.35. The van der Waals surface area contributed by atoms with Crippen LogP contribution in [0.15, 0.2) is 47.4 Å². The topological polar surface area (TPSA) is 34.1 Å². The summed E-state index contributed by atoms with van der Waals surface area (Å²) in [6, 6.07) is 8.89. The Labute approximate surface area is 147 Å². The highest BCUT2D eigenvalue weighted by molar-refractivity contribution is 7.91. The summed E-state index contributed by atoms with van der Waals surface area (Å²) in [5, 5.41) is 0. The number of fused-ring (bicyclic) bond motifs is 1. The van der Waals surface area contributed by atoms with E-state index in [9.17, 15) is 8.42 Å². The largest absolute Gasteiger partial charge is 0.224 e. The highest BCUT2D eigenvalue weighted by Gasteiger charge is 2.53. The standard InChI is InChI=1S/C21H30O2S/c1-16-11-12-19-20(2,3)13-8-14-21(19,4)18(16)15-24(22,23)17-9-6-5-7-10-17/h5-7,9-10,18-19H,1,8,11-15H2,2-4H3/t18-,19-,21+/m0/s1. The van der Waals surface area contributed by atoms with Gasteiger partial charge in [-0.15, -0.1) is 0 Å². The zero-order chi connectivity index (χ0) is 17.6. The van der Waals surface area contributed by atoms with Crippen molar-refractivity contribution in [2.24, 2.45) is 22.7 Å². The smallest absolute Gasteiger partial charge is 0.178 e. The first-order chi connectivity index (χ1) is 11.2. The summed E-state index contributed by atoms with van der Waals surface area (Å²) in [4.78, 5) is 0.443. The fourth-order valence-electron chi connectivity index (χ4n) is 5.53. The summed E-state index contributed by atoms with van der Waals surface area (Å²) in [7, 11) is -3.28. The first kappa shape index (κ1) is 17.7. The number of allylic oxidation sites excluding steroid dienone is 1. The van der Waals surface area contributed by atoms with E-state index in [1.165, 1.54) is 12.8 Å². The lowest BCUT2D eigenvalue weighted by Crippen LogP contribution is -2.51. The Morgan fingerprint density at radius 3 is 2.46 bits per heavy atom. The molecular formula is C21H30O2S. The van der Waals surface area contributed by atoms with Crippen LogP contribution in [0.3, 0.4) is 0 Å². The maximum Gasteiger partial charge on any atom is 0.178 e. The van der Waals surface area contributed by atoms with Gasteiger partial charge in [-0.3, -0.25) is 0 Å². The number of hydrogen-bond donors (Lipinski definition) is 0. The van der Waals surface area contributed by atoms with Gasteiger partial charge in [-0.05, 0) is 60.5 Å². The molecule has 2 nitrogen and oxygen atoms in total. The molecule has 24 heavy (non-hydrogen) atoms. The number of benzene rings is 1. The average molecular weight is 347 g/mol. The average Bonchev–Trinajstić information content (AvgIpc) is 2.51. The third kappa shape index (κ3) is 2.96. The molecule has 0 spiro atoms. The van der Waals surface area contributed by atoms with E-state index in [1.807, 2.05) is 6.07 Å². The normalized spacial score (nSPS) is 33.0. The third-order valence-electron chi connectivity index (χ3n) is 6.81. The van der Waals surface area contributed by atoms with Gasteiger partial charge in [0.1, 0.15) is 0 Å². The van der Waals surface area contributed by atoms with Crippen LogP contribution >= 0.6 is 0 Å². The Bertz CT molecular complexity index is 717. The lowest BCUT2D eigenvalue weighted by Gasteiger charge is -2.57. The Hall–Kier alpha value is -1.09. The van der Waals surface area contributed by atoms with Crippen molar-refractivity contribution in [2.75, 3.05) is 5.75 Å². The van der Waals surface area contributed by atoms with Gasteiger partial charge in [-0.1, -0.05) is 57.5 Å². The van der Waals surface area contributed by atoms with Crippen LogP contribution in [0.5, 0.6) is 0 Å². The Kier molecular flexibility index (Phi) is 4.44. The van der Waals surface area contributed by atoms with Crippen LogP contribution in [0, 0.1) is 22.7 Å². The summed E-state index contributed by atoms with van der Waals surface area (Å²) in [5.74, 6) is 0.861. The molecule has 2 aliphatic rings. The molecule has 0 aliphatic heterocycles. The minimum Gasteiger partial charge on any atom is -0.224 e. The van der Waals surface area contributed by atoms with Crippen LogP contribution < -0.4 is 0 Å². The third-order valence-corrected chi connectivity index (χ3v) is 8.57. The summed E-state index contributed by atoms with van der Waals surface area (Å²) in [5.41, 5.74) is 1.49. The zero-order valence-electron chi connectivity index (χ0n) is 15.2. The van der Waals surface area contributed by atoms with Gasteiger partial charge < -0.3 is 0 Å². The summed E-state index contributed by atoms with van der Waals surface area (Å²) < 4.78 is 26.0. The molecule has 3 atom stereocenters. The minimum absolute atomic E-state index is 0.0545. The predicted molar refractivity (Wildman–Crippen MR) is 99.6 cm³/mol. The second-order valence-corrected chi connectivity index (χ2v) is 10.8. The monoisotopic (exact) mass is 346 g/mol. The second-order valence-electron chi connectivity index (χ2n) is 8.74. The molecule has 2 saturated carbocycles. The molecule has 2 aliphatic carbocycles. The van der Waals surface area contributed by atoms with Crippen molar-refractivity contribution in [1.29, 1.82) is 0 Å². The molecule has 0 aromatic heterocycles. The van der Waals surface area contributed by atoms with Crippen molar-refractivity contribution in [3.05, 3.63) is 42.5 Å². The number of rotatable bonds is 3. The van der Waals surface area contributed by atoms with Gasteiger partial charge in [0.05, 0.1) is 10.6 Å². The van der Waals surface area contributed by atoms with Crippen molar-refractivity contribution in [2.45, 2.75) is 57.8 Å². The minimum atomic E-state index is -3.28. The molecule has 1 aromatic carbocycles. The molecule has 0 amide bonds. The molecular weight excluding hydrogens is 316 g/mol. The molecule has 2 fully saturated rings. The zero-order valence-corrected chi connectivity index (χ0v) is 16.0. The Balaban J connectivity index is 1.95. The van der Waals surface area contributed by atoms with Crippen LogP contribution in [0.25, 0.3) is 0 Å². The van der Waals surface area contributed by atoms with Crippen molar-refractivity contribution >= 4 is 9.84 Å². The van der Waals surface area contributed by atoms with Crippen molar-refractivity contribution in [3.8, 4) is 0 Å². The van der Waals surface area contributed by atoms with E-state index in [-0.39, 0.29) is 17.1 Å². The lowest BCUT2D eigenvalue weighted by molar-refractivity contribution is -0.0458. The fraction of sp³-hybridized carbons (Fsp3) is 0.619. The van der Waals surface area contributed by atoms with Gasteiger partial charge in [-0.2, -0.15) is 0 Å². The molecule has 132 valence electrons. The highest BCUT2D eigenvalue weighted by atomic mass is 32.2. The molecule has 3 rings (SSSR count).